The van der Waals surface area contributed by atoms with Crippen LogP contribution in [0.15, 0.2) is 29.2 Å². The second-order valence-electron chi connectivity index (χ2n) is 5.21. The molecular weight excluding hydrogens is 340 g/mol. The van der Waals surface area contributed by atoms with E-state index in [1.807, 2.05) is 7.05 Å². The summed E-state index contributed by atoms with van der Waals surface area (Å²) in [5.41, 5.74) is 0.356. The molecular formula is C15H23ClN2O4S. The summed E-state index contributed by atoms with van der Waals surface area (Å²) < 4.78 is 31.5. The number of ether oxygens (including phenoxy) is 1. The fourth-order valence-corrected chi connectivity index (χ4v) is 3.98. The lowest BCUT2D eigenvalue weighted by molar-refractivity contribution is 0.0526. The zero-order chi connectivity index (χ0) is 16.2. The van der Waals surface area contributed by atoms with Gasteiger partial charge < -0.3 is 10.1 Å². The first-order valence-electron chi connectivity index (χ1n) is 7.43. The third-order valence-electron chi connectivity index (χ3n) is 3.87. The molecule has 6 nitrogen and oxygen atoms in total. The molecule has 1 N–H and O–H groups in total. The lowest BCUT2D eigenvalue weighted by Crippen LogP contribution is -2.43. The highest BCUT2D eigenvalue weighted by molar-refractivity contribution is 7.89. The van der Waals surface area contributed by atoms with E-state index in [1.165, 1.54) is 28.6 Å². The predicted octanol–water partition coefficient (Wildman–Crippen LogP) is 1.66. The Morgan fingerprint density at radius 2 is 1.83 bits per heavy atom. The van der Waals surface area contributed by atoms with Crippen molar-refractivity contribution in [1.82, 2.24) is 9.62 Å². The zero-order valence-corrected chi connectivity index (χ0v) is 15.0. The molecule has 2 rings (SSSR count). The summed E-state index contributed by atoms with van der Waals surface area (Å²) in [5.74, 6) is -0.443. The normalized spacial score (nSPS) is 16.6. The van der Waals surface area contributed by atoms with Crippen molar-refractivity contribution in [2.24, 2.45) is 0 Å². The van der Waals surface area contributed by atoms with Gasteiger partial charge in [0.25, 0.3) is 0 Å². The van der Waals surface area contributed by atoms with Crippen LogP contribution in [0.3, 0.4) is 0 Å². The maximum Gasteiger partial charge on any atom is 0.338 e. The molecule has 0 aromatic heterocycles. The second kappa shape index (κ2) is 8.63. The Bertz CT molecular complexity index is 611. The van der Waals surface area contributed by atoms with Crippen molar-refractivity contribution >= 4 is 28.4 Å². The summed E-state index contributed by atoms with van der Waals surface area (Å²) in [6.45, 7) is 3.03. The van der Waals surface area contributed by atoms with E-state index < -0.39 is 16.0 Å². The summed E-state index contributed by atoms with van der Waals surface area (Å²) in [7, 11) is -1.60. The number of rotatable bonds is 5. The number of nitrogens with zero attached hydrogens (tertiary/aromatic N) is 1. The van der Waals surface area contributed by atoms with E-state index in [0.717, 1.165) is 12.8 Å². The van der Waals surface area contributed by atoms with Crippen LogP contribution in [0.5, 0.6) is 0 Å². The first-order chi connectivity index (χ1) is 10.5. The molecule has 23 heavy (non-hydrogen) atoms. The number of carbonyl (C=O) groups is 1. The van der Waals surface area contributed by atoms with Crippen LogP contribution in [-0.2, 0) is 14.8 Å². The number of esters is 1. The first kappa shape index (κ1) is 19.9. The fraction of sp³-hybridized carbons (Fsp3) is 0.533. The van der Waals surface area contributed by atoms with Gasteiger partial charge in [0.05, 0.1) is 17.1 Å². The highest BCUT2D eigenvalue weighted by Gasteiger charge is 2.28. The molecule has 0 radical (unpaired) electrons. The minimum Gasteiger partial charge on any atom is -0.462 e. The van der Waals surface area contributed by atoms with E-state index in [2.05, 4.69) is 5.32 Å². The van der Waals surface area contributed by atoms with Gasteiger partial charge in [0.1, 0.15) is 0 Å². The smallest absolute Gasteiger partial charge is 0.338 e. The summed E-state index contributed by atoms with van der Waals surface area (Å²) in [6.07, 6.45) is 1.60. The number of halogens is 1. The van der Waals surface area contributed by atoms with Crippen LogP contribution in [0.4, 0.5) is 0 Å². The number of nitrogens with one attached hydrogen (secondary N) is 1. The number of carbonyl (C=O) groups excluding carboxylic acids is 1. The molecule has 1 fully saturated rings. The Labute approximate surface area is 143 Å². The summed E-state index contributed by atoms with van der Waals surface area (Å²) in [5, 5.41) is 3.17. The van der Waals surface area contributed by atoms with Crippen LogP contribution in [0.1, 0.15) is 30.1 Å². The molecule has 0 amide bonds. The maximum absolute atomic E-state index is 12.6. The molecule has 0 unspecified atom stereocenters. The maximum atomic E-state index is 12.6. The van der Waals surface area contributed by atoms with E-state index in [1.54, 1.807) is 6.92 Å². The Kier molecular flexibility index (Phi) is 7.47. The van der Waals surface area contributed by atoms with Crippen molar-refractivity contribution in [3.8, 4) is 0 Å². The molecule has 0 bridgehead atoms. The quantitative estimate of drug-likeness (QED) is 0.806. The highest BCUT2D eigenvalue weighted by Crippen LogP contribution is 2.21. The molecule has 130 valence electrons. The topological polar surface area (TPSA) is 75.7 Å². The van der Waals surface area contributed by atoms with Crippen molar-refractivity contribution in [1.29, 1.82) is 0 Å². The van der Waals surface area contributed by atoms with Gasteiger partial charge in [-0.3, -0.25) is 0 Å². The van der Waals surface area contributed by atoms with Gasteiger partial charge in [0, 0.05) is 19.1 Å². The lowest BCUT2D eigenvalue weighted by Gasteiger charge is -2.30. The van der Waals surface area contributed by atoms with Crippen molar-refractivity contribution in [3.05, 3.63) is 29.8 Å². The van der Waals surface area contributed by atoms with Crippen molar-refractivity contribution in [3.63, 3.8) is 0 Å². The molecule has 1 saturated heterocycles. The minimum atomic E-state index is -3.49. The van der Waals surface area contributed by atoms with E-state index in [-0.39, 0.29) is 17.3 Å². The van der Waals surface area contributed by atoms with Crippen LogP contribution in [0, 0.1) is 0 Å². The molecule has 1 aromatic rings. The van der Waals surface area contributed by atoms with Gasteiger partial charge in [0.15, 0.2) is 0 Å². The fourth-order valence-electron chi connectivity index (χ4n) is 2.51. The zero-order valence-electron chi connectivity index (χ0n) is 13.3. The Balaban J connectivity index is 0.00000264. The molecule has 0 aliphatic carbocycles. The van der Waals surface area contributed by atoms with Gasteiger partial charge in [-0.05, 0) is 51.1 Å². The number of sulfonamides is 1. The molecule has 1 aromatic carbocycles. The van der Waals surface area contributed by atoms with Crippen molar-refractivity contribution < 1.29 is 17.9 Å². The SMILES string of the molecule is CCOC(=O)c1ccc(S(=O)(=O)N2CCC(NC)CC2)cc1.Cl. The summed E-state index contributed by atoms with van der Waals surface area (Å²) in [6, 6.07) is 6.28. The van der Waals surface area contributed by atoms with Crippen LogP contribution in [0.25, 0.3) is 0 Å². The molecule has 0 saturated carbocycles. The van der Waals surface area contributed by atoms with Gasteiger partial charge in [-0.2, -0.15) is 4.31 Å². The van der Waals surface area contributed by atoms with E-state index in [9.17, 15) is 13.2 Å². The molecule has 1 aliphatic rings. The van der Waals surface area contributed by atoms with Gasteiger partial charge in [-0.25, -0.2) is 13.2 Å². The number of hydrogen-bond acceptors (Lipinski definition) is 5. The second-order valence-corrected chi connectivity index (χ2v) is 7.15. The Morgan fingerprint density at radius 3 is 2.30 bits per heavy atom. The summed E-state index contributed by atoms with van der Waals surface area (Å²) >= 11 is 0. The van der Waals surface area contributed by atoms with E-state index in [4.69, 9.17) is 4.74 Å². The Morgan fingerprint density at radius 1 is 1.26 bits per heavy atom. The lowest BCUT2D eigenvalue weighted by atomic mass is 10.1. The van der Waals surface area contributed by atoms with Crippen molar-refractivity contribution in [2.45, 2.75) is 30.7 Å². The third-order valence-corrected chi connectivity index (χ3v) is 5.78. The standard InChI is InChI=1S/C15H22N2O4S.ClH/c1-3-21-15(18)12-4-6-14(7-5-12)22(19,20)17-10-8-13(16-2)9-11-17;/h4-7,13,16H,3,8-11H2,1-2H3;1H. The molecule has 0 atom stereocenters. The molecule has 8 heteroatoms. The van der Waals surface area contributed by atoms with Crippen LogP contribution < -0.4 is 5.32 Å². The summed E-state index contributed by atoms with van der Waals surface area (Å²) in [4.78, 5) is 11.8. The van der Waals surface area contributed by atoms with Crippen LogP contribution in [0.2, 0.25) is 0 Å². The Hall–Kier alpha value is -1.15. The average molecular weight is 363 g/mol. The van der Waals surface area contributed by atoms with Gasteiger partial charge in [-0.1, -0.05) is 0 Å². The van der Waals surface area contributed by atoms with E-state index in [0.29, 0.717) is 31.3 Å². The highest BCUT2D eigenvalue weighted by atomic mass is 35.5. The number of benzene rings is 1. The van der Waals surface area contributed by atoms with Gasteiger partial charge >= 0.3 is 5.97 Å². The third kappa shape index (κ3) is 4.67. The largest absolute Gasteiger partial charge is 0.462 e. The molecule has 1 heterocycles. The molecule has 1 aliphatic heterocycles. The van der Waals surface area contributed by atoms with Crippen LogP contribution >= 0.6 is 12.4 Å². The van der Waals surface area contributed by atoms with E-state index >= 15 is 0 Å². The minimum absolute atomic E-state index is 0. The van der Waals surface area contributed by atoms with Gasteiger partial charge in [-0.15, -0.1) is 12.4 Å². The monoisotopic (exact) mass is 362 g/mol. The van der Waals surface area contributed by atoms with Crippen LogP contribution in [-0.4, -0.2) is 51.5 Å². The number of piperidine rings is 1. The van der Waals surface area contributed by atoms with Gasteiger partial charge in [0.2, 0.25) is 10.0 Å². The molecule has 0 spiro atoms. The first-order valence-corrected chi connectivity index (χ1v) is 8.87. The predicted molar refractivity (Wildman–Crippen MR) is 90.5 cm³/mol. The average Bonchev–Trinajstić information content (AvgIpc) is 2.55. The van der Waals surface area contributed by atoms with Crippen molar-refractivity contribution in [2.75, 3.05) is 26.7 Å². The number of hydrogen-bond donors (Lipinski definition) is 1.